The van der Waals surface area contributed by atoms with E-state index in [1.807, 2.05) is 45.0 Å². The maximum Gasteiger partial charge on any atom is 0.414 e. The molecular formula is C14H22N2O2. The van der Waals surface area contributed by atoms with E-state index in [1.165, 1.54) is 4.90 Å². The van der Waals surface area contributed by atoms with Crippen LogP contribution in [-0.2, 0) is 11.2 Å². The highest BCUT2D eigenvalue weighted by atomic mass is 16.6. The summed E-state index contributed by atoms with van der Waals surface area (Å²) in [4.78, 5) is 13.5. The Kier molecular flexibility index (Phi) is 4.73. The van der Waals surface area contributed by atoms with Gasteiger partial charge in [0.2, 0.25) is 0 Å². The van der Waals surface area contributed by atoms with Crippen molar-refractivity contribution < 1.29 is 9.53 Å². The third-order valence-corrected chi connectivity index (χ3v) is 2.43. The molecular weight excluding hydrogens is 228 g/mol. The normalized spacial score (nSPS) is 11.2. The van der Waals surface area contributed by atoms with Gasteiger partial charge in [0, 0.05) is 12.7 Å². The lowest BCUT2D eigenvalue weighted by Crippen LogP contribution is -2.34. The van der Waals surface area contributed by atoms with Crippen LogP contribution in [0.1, 0.15) is 26.3 Å². The summed E-state index contributed by atoms with van der Waals surface area (Å²) in [5.74, 6) is 0. The molecule has 4 nitrogen and oxygen atoms in total. The zero-order chi connectivity index (χ0) is 13.8. The van der Waals surface area contributed by atoms with Gasteiger partial charge in [-0.05, 0) is 45.4 Å². The van der Waals surface area contributed by atoms with Crippen molar-refractivity contribution in [3.8, 4) is 0 Å². The number of hydrogen-bond donors (Lipinski definition) is 1. The Balaban J connectivity index is 2.89. The fourth-order valence-electron chi connectivity index (χ4n) is 1.63. The molecule has 1 rings (SSSR count). The van der Waals surface area contributed by atoms with E-state index >= 15 is 0 Å². The Morgan fingerprint density at radius 3 is 2.50 bits per heavy atom. The number of benzene rings is 1. The first-order chi connectivity index (χ1) is 8.35. The average molecular weight is 250 g/mol. The first kappa shape index (κ1) is 14.5. The van der Waals surface area contributed by atoms with E-state index in [2.05, 4.69) is 0 Å². The zero-order valence-electron chi connectivity index (χ0n) is 11.6. The lowest BCUT2D eigenvalue weighted by molar-refractivity contribution is 0.0589. The fourth-order valence-corrected chi connectivity index (χ4v) is 1.63. The van der Waals surface area contributed by atoms with Crippen LogP contribution in [0.3, 0.4) is 0 Å². The highest BCUT2D eigenvalue weighted by molar-refractivity contribution is 5.88. The Morgan fingerprint density at radius 1 is 1.33 bits per heavy atom. The summed E-state index contributed by atoms with van der Waals surface area (Å²) in [7, 11) is 1.71. The molecule has 18 heavy (non-hydrogen) atoms. The van der Waals surface area contributed by atoms with Crippen LogP contribution in [0, 0.1) is 0 Å². The van der Waals surface area contributed by atoms with Crippen molar-refractivity contribution in [1.82, 2.24) is 0 Å². The average Bonchev–Trinajstić information content (AvgIpc) is 2.27. The van der Waals surface area contributed by atoms with Crippen molar-refractivity contribution in [1.29, 1.82) is 0 Å². The van der Waals surface area contributed by atoms with Gasteiger partial charge in [-0.2, -0.15) is 0 Å². The van der Waals surface area contributed by atoms with Gasteiger partial charge in [-0.3, -0.25) is 4.90 Å². The number of amides is 1. The summed E-state index contributed by atoms with van der Waals surface area (Å²) in [6.45, 7) is 6.11. The Labute approximate surface area is 109 Å². The maximum absolute atomic E-state index is 12.0. The largest absolute Gasteiger partial charge is 0.443 e. The molecule has 0 bridgehead atoms. The molecule has 0 fully saturated rings. The van der Waals surface area contributed by atoms with Crippen LogP contribution >= 0.6 is 0 Å². The van der Waals surface area contributed by atoms with E-state index < -0.39 is 5.60 Å². The topological polar surface area (TPSA) is 55.6 Å². The van der Waals surface area contributed by atoms with Gasteiger partial charge in [-0.1, -0.05) is 18.2 Å². The van der Waals surface area contributed by atoms with Gasteiger partial charge in [0.25, 0.3) is 0 Å². The summed E-state index contributed by atoms with van der Waals surface area (Å²) in [6, 6.07) is 7.71. The van der Waals surface area contributed by atoms with Crippen LogP contribution in [0.25, 0.3) is 0 Å². The van der Waals surface area contributed by atoms with Gasteiger partial charge in [0.15, 0.2) is 0 Å². The molecule has 0 aliphatic heterocycles. The van der Waals surface area contributed by atoms with Crippen LogP contribution in [0.4, 0.5) is 10.5 Å². The number of anilines is 1. The highest BCUT2D eigenvalue weighted by Gasteiger charge is 2.21. The number of nitrogens with zero attached hydrogens (tertiary/aromatic N) is 1. The molecule has 0 aliphatic rings. The second-order valence-corrected chi connectivity index (χ2v) is 5.21. The van der Waals surface area contributed by atoms with E-state index in [-0.39, 0.29) is 6.09 Å². The molecule has 0 atom stereocenters. The molecule has 1 amide bonds. The summed E-state index contributed by atoms with van der Waals surface area (Å²) < 4.78 is 5.34. The van der Waals surface area contributed by atoms with Crippen molar-refractivity contribution in [2.45, 2.75) is 32.8 Å². The van der Waals surface area contributed by atoms with Crippen molar-refractivity contribution >= 4 is 11.8 Å². The maximum atomic E-state index is 12.0. The van der Waals surface area contributed by atoms with E-state index in [0.717, 1.165) is 17.7 Å². The van der Waals surface area contributed by atoms with Crippen molar-refractivity contribution in [2.75, 3.05) is 18.5 Å². The standard InChI is InChI=1S/C14H22N2O2/c1-14(2,3)18-13(17)16(4)12-8-6-5-7-11(12)9-10-15/h5-8H,9-10,15H2,1-4H3. The third-order valence-electron chi connectivity index (χ3n) is 2.43. The third kappa shape index (κ3) is 4.04. The molecule has 0 aromatic heterocycles. The van der Waals surface area contributed by atoms with Crippen LogP contribution in [0.5, 0.6) is 0 Å². The minimum Gasteiger partial charge on any atom is -0.443 e. The second-order valence-electron chi connectivity index (χ2n) is 5.21. The minimum atomic E-state index is -0.492. The Morgan fingerprint density at radius 2 is 1.94 bits per heavy atom. The Hall–Kier alpha value is -1.55. The number of carbonyl (C=O) groups is 1. The molecule has 0 radical (unpaired) electrons. The molecule has 0 unspecified atom stereocenters. The minimum absolute atomic E-state index is 0.355. The molecule has 0 heterocycles. The van der Waals surface area contributed by atoms with E-state index in [0.29, 0.717) is 6.54 Å². The van der Waals surface area contributed by atoms with Crippen molar-refractivity contribution in [3.63, 3.8) is 0 Å². The summed E-state index contributed by atoms with van der Waals surface area (Å²) in [5.41, 5.74) is 6.97. The van der Waals surface area contributed by atoms with Crippen molar-refractivity contribution in [3.05, 3.63) is 29.8 Å². The summed E-state index contributed by atoms with van der Waals surface area (Å²) in [5, 5.41) is 0. The SMILES string of the molecule is CN(C(=O)OC(C)(C)C)c1ccccc1CCN. The molecule has 0 spiro atoms. The molecule has 0 aliphatic carbocycles. The Bertz CT molecular complexity index is 411. The number of carbonyl (C=O) groups excluding carboxylic acids is 1. The van der Waals surface area contributed by atoms with Crippen LogP contribution < -0.4 is 10.6 Å². The second kappa shape index (κ2) is 5.87. The van der Waals surface area contributed by atoms with Gasteiger partial charge < -0.3 is 10.5 Å². The predicted molar refractivity (Wildman–Crippen MR) is 73.8 cm³/mol. The van der Waals surface area contributed by atoms with Gasteiger partial charge in [0.1, 0.15) is 5.60 Å². The van der Waals surface area contributed by atoms with Gasteiger partial charge in [-0.15, -0.1) is 0 Å². The van der Waals surface area contributed by atoms with E-state index in [4.69, 9.17) is 10.5 Å². The molecule has 0 saturated carbocycles. The number of rotatable bonds is 3. The highest BCUT2D eigenvalue weighted by Crippen LogP contribution is 2.21. The van der Waals surface area contributed by atoms with Crippen LogP contribution in [0.2, 0.25) is 0 Å². The van der Waals surface area contributed by atoms with E-state index in [9.17, 15) is 4.79 Å². The summed E-state index contributed by atoms with van der Waals surface area (Å²) in [6.07, 6.45) is 0.385. The van der Waals surface area contributed by atoms with Crippen LogP contribution in [0.15, 0.2) is 24.3 Å². The predicted octanol–water partition coefficient (Wildman–Crippen LogP) is 2.56. The van der Waals surface area contributed by atoms with Crippen LogP contribution in [-0.4, -0.2) is 25.3 Å². The first-order valence-corrected chi connectivity index (χ1v) is 6.10. The van der Waals surface area contributed by atoms with Gasteiger partial charge in [0.05, 0.1) is 0 Å². The number of hydrogen-bond acceptors (Lipinski definition) is 3. The zero-order valence-corrected chi connectivity index (χ0v) is 11.6. The molecule has 4 heteroatoms. The number of ether oxygens (including phenoxy) is 1. The molecule has 2 N–H and O–H groups in total. The first-order valence-electron chi connectivity index (χ1n) is 6.10. The number of nitrogens with two attached hydrogens (primary N) is 1. The molecule has 0 saturated heterocycles. The monoisotopic (exact) mass is 250 g/mol. The molecule has 100 valence electrons. The number of para-hydroxylation sites is 1. The molecule has 1 aromatic carbocycles. The molecule has 1 aromatic rings. The van der Waals surface area contributed by atoms with Gasteiger partial charge in [-0.25, -0.2) is 4.79 Å². The van der Waals surface area contributed by atoms with Gasteiger partial charge >= 0.3 is 6.09 Å². The smallest absolute Gasteiger partial charge is 0.414 e. The lowest BCUT2D eigenvalue weighted by atomic mass is 10.1. The lowest BCUT2D eigenvalue weighted by Gasteiger charge is -2.26. The summed E-state index contributed by atoms with van der Waals surface area (Å²) >= 11 is 0. The van der Waals surface area contributed by atoms with E-state index in [1.54, 1.807) is 7.05 Å². The fraction of sp³-hybridized carbons (Fsp3) is 0.500. The van der Waals surface area contributed by atoms with Crippen molar-refractivity contribution in [2.24, 2.45) is 5.73 Å². The quantitative estimate of drug-likeness (QED) is 0.897.